The van der Waals surface area contributed by atoms with Crippen molar-refractivity contribution >= 4 is 34.9 Å². The molecule has 0 aliphatic carbocycles. The van der Waals surface area contributed by atoms with Gasteiger partial charge in [0.15, 0.2) is 0 Å². The number of nitrogens with zero attached hydrogens (tertiary/aromatic N) is 2. The van der Waals surface area contributed by atoms with Gasteiger partial charge in [-0.05, 0) is 12.1 Å². The van der Waals surface area contributed by atoms with E-state index in [2.05, 4.69) is 10.3 Å². The first kappa shape index (κ1) is 13.1. The van der Waals surface area contributed by atoms with Gasteiger partial charge in [-0.25, -0.2) is 4.98 Å². The number of pyridine rings is 1. The SMILES string of the molecule is CN(C)c1cc(C(=O)NCCCl)cc(Cl)n1. The van der Waals surface area contributed by atoms with E-state index in [9.17, 15) is 4.79 Å². The van der Waals surface area contributed by atoms with E-state index >= 15 is 0 Å². The van der Waals surface area contributed by atoms with Crippen molar-refractivity contribution in [1.29, 1.82) is 0 Å². The number of halogens is 2. The van der Waals surface area contributed by atoms with Gasteiger partial charge in [-0.2, -0.15) is 0 Å². The Morgan fingerprint density at radius 2 is 2.19 bits per heavy atom. The average molecular weight is 262 g/mol. The standard InChI is InChI=1S/C10H13Cl2N3O/c1-15(2)9-6-7(5-8(12)14-9)10(16)13-4-3-11/h5-6H,3-4H2,1-2H3,(H,13,16). The average Bonchev–Trinajstić information content (AvgIpc) is 2.24. The third-order valence-electron chi connectivity index (χ3n) is 1.88. The largest absolute Gasteiger partial charge is 0.363 e. The van der Waals surface area contributed by atoms with Crippen LogP contribution in [0.15, 0.2) is 12.1 Å². The van der Waals surface area contributed by atoms with Crippen LogP contribution >= 0.6 is 23.2 Å². The fourth-order valence-electron chi connectivity index (χ4n) is 1.11. The fraction of sp³-hybridized carbons (Fsp3) is 0.400. The summed E-state index contributed by atoms with van der Waals surface area (Å²) >= 11 is 11.3. The van der Waals surface area contributed by atoms with Crippen LogP contribution in [0.3, 0.4) is 0 Å². The zero-order valence-corrected chi connectivity index (χ0v) is 10.6. The summed E-state index contributed by atoms with van der Waals surface area (Å²) in [4.78, 5) is 17.5. The summed E-state index contributed by atoms with van der Waals surface area (Å²) in [7, 11) is 3.66. The van der Waals surface area contributed by atoms with Crippen molar-refractivity contribution in [1.82, 2.24) is 10.3 Å². The molecule has 0 unspecified atom stereocenters. The minimum absolute atomic E-state index is 0.201. The monoisotopic (exact) mass is 261 g/mol. The summed E-state index contributed by atoms with van der Waals surface area (Å²) in [6, 6.07) is 3.20. The molecule has 4 nitrogen and oxygen atoms in total. The zero-order valence-electron chi connectivity index (χ0n) is 9.13. The van der Waals surface area contributed by atoms with E-state index in [0.29, 0.717) is 29.0 Å². The van der Waals surface area contributed by atoms with Gasteiger partial charge in [0.1, 0.15) is 11.0 Å². The predicted octanol–water partition coefficient (Wildman–Crippen LogP) is 1.77. The molecule has 6 heteroatoms. The molecule has 1 aromatic rings. The van der Waals surface area contributed by atoms with E-state index in [1.807, 2.05) is 14.1 Å². The molecule has 0 saturated carbocycles. The maximum atomic E-state index is 11.7. The summed E-state index contributed by atoms with van der Waals surface area (Å²) in [5.74, 6) is 0.821. The van der Waals surface area contributed by atoms with Crippen molar-refractivity contribution in [3.63, 3.8) is 0 Å². The second-order valence-corrected chi connectivity index (χ2v) is 4.14. The molecule has 1 aromatic heterocycles. The summed E-state index contributed by atoms with van der Waals surface area (Å²) in [6.07, 6.45) is 0. The molecule has 0 radical (unpaired) electrons. The molecule has 0 aromatic carbocycles. The van der Waals surface area contributed by atoms with E-state index in [4.69, 9.17) is 23.2 Å². The first-order chi connectivity index (χ1) is 7.54. The molecule has 1 rings (SSSR count). The lowest BCUT2D eigenvalue weighted by Gasteiger charge is -2.12. The first-order valence-electron chi connectivity index (χ1n) is 4.73. The van der Waals surface area contributed by atoms with E-state index in [1.54, 1.807) is 11.0 Å². The van der Waals surface area contributed by atoms with Crippen LogP contribution in [0, 0.1) is 0 Å². The summed E-state index contributed by atoms with van der Waals surface area (Å²) in [6.45, 7) is 0.428. The second kappa shape index (κ2) is 5.92. The Morgan fingerprint density at radius 3 is 2.75 bits per heavy atom. The number of hydrogen-bond acceptors (Lipinski definition) is 3. The maximum Gasteiger partial charge on any atom is 0.251 e. The van der Waals surface area contributed by atoms with Gasteiger partial charge in [-0.3, -0.25) is 4.79 Å². The third-order valence-corrected chi connectivity index (χ3v) is 2.26. The van der Waals surface area contributed by atoms with Crippen LogP contribution in [0.25, 0.3) is 0 Å². The number of nitrogens with one attached hydrogen (secondary N) is 1. The fourth-order valence-corrected chi connectivity index (χ4v) is 1.40. The smallest absolute Gasteiger partial charge is 0.251 e. The van der Waals surface area contributed by atoms with Crippen molar-refractivity contribution < 1.29 is 4.79 Å². The molecule has 0 aliphatic rings. The molecule has 16 heavy (non-hydrogen) atoms. The highest BCUT2D eigenvalue weighted by Gasteiger charge is 2.09. The molecule has 88 valence electrons. The lowest BCUT2D eigenvalue weighted by molar-refractivity contribution is 0.0956. The molecule has 0 spiro atoms. The number of amides is 1. The van der Waals surface area contributed by atoms with Crippen molar-refractivity contribution in [3.8, 4) is 0 Å². The van der Waals surface area contributed by atoms with Crippen molar-refractivity contribution in [2.75, 3.05) is 31.4 Å². The number of rotatable bonds is 4. The van der Waals surface area contributed by atoms with E-state index < -0.39 is 0 Å². The van der Waals surface area contributed by atoms with Crippen LogP contribution in [0.5, 0.6) is 0 Å². The van der Waals surface area contributed by atoms with Gasteiger partial charge < -0.3 is 10.2 Å². The number of aromatic nitrogens is 1. The zero-order chi connectivity index (χ0) is 12.1. The molecule has 1 heterocycles. The van der Waals surface area contributed by atoms with Crippen LogP contribution in [0.1, 0.15) is 10.4 Å². The minimum Gasteiger partial charge on any atom is -0.363 e. The second-order valence-electron chi connectivity index (χ2n) is 3.38. The molecule has 1 amide bonds. The van der Waals surface area contributed by atoms with Crippen LogP contribution in [0.4, 0.5) is 5.82 Å². The predicted molar refractivity (Wildman–Crippen MR) is 66.6 cm³/mol. The van der Waals surface area contributed by atoms with Gasteiger partial charge in [0.2, 0.25) is 0 Å². The van der Waals surface area contributed by atoms with Crippen LogP contribution in [0.2, 0.25) is 5.15 Å². The number of carbonyl (C=O) groups is 1. The lowest BCUT2D eigenvalue weighted by Crippen LogP contribution is -2.25. The van der Waals surface area contributed by atoms with Crippen molar-refractivity contribution in [3.05, 3.63) is 22.8 Å². The molecule has 1 N–H and O–H groups in total. The highest BCUT2D eigenvalue weighted by Crippen LogP contribution is 2.16. The van der Waals surface area contributed by atoms with Gasteiger partial charge >= 0.3 is 0 Å². The van der Waals surface area contributed by atoms with Crippen LogP contribution < -0.4 is 10.2 Å². The Labute approximate surface area is 105 Å². The summed E-state index contributed by atoms with van der Waals surface area (Å²) < 4.78 is 0. The Balaban J connectivity index is 2.91. The maximum absolute atomic E-state index is 11.7. The van der Waals surface area contributed by atoms with Crippen molar-refractivity contribution in [2.45, 2.75) is 0 Å². The van der Waals surface area contributed by atoms with Gasteiger partial charge in [-0.15, -0.1) is 11.6 Å². The normalized spacial score (nSPS) is 10.0. The molecule has 0 saturated heterocycles. The molecule has 0 atom stereocenters. The van der Waals surface area contributed by atoms with Crippen LogP contribution in [-0.2, 0) is 0 Å². The molecular formula is C10H13Cl2N3O. The third kappa shape index (κ3) is 3.54. The Kier molecular flexibility index (Phi) is 4.83. The number of anilines is 1. The number of alkyl halides is 1. The van der Waals surface area contributed by atoms with Gasteiger partial charge in [0, 0.05) is 32.1 Å². The highest BCUT2D eigenvalue weighted by atomic mass is 35.5. The Hall–Kier alpha value is -1.00. The van der Waals surface area contributed by atoms with Gasteiger partial charge in [0.05, 0.1) is 0 Å². The Morgan fingerprint density at radius 1 is 1.50 bits per heavy atom. The van der Waals surface area contributed by atoms with E-state index in [0.717, 1.165) is 0 Å². The van der Waals surface area contributed by atoms with Gasteiger partial charge in [-0.1, -0.05) is 11.6 Å². The van der Waals surface area contributed by atoms with Crippen molar-refractivity contribution in [2.24, 2.45) is 0 Å². The van der Waals surface area contributed by atoms with Crippen LogP contribution in [-0.4, -0.2) is 37.4 Å². The number of hydrogen-bond donors (Lipinski definition) is 1. The highest BCUT2D eigenvalue weighted by molar-refractivity contribution is 6.29. The summed E-state index contributed by atoms with van der Waals surface area (Å²) in [5.41, 5.74) is 0.480. The molecule has 0 bridgehead atoms. The number of carbonyl (C=O) groups excluding carboxylic acids is 1. The molecule has 0 aliphatic heterocycles. The quantitative estimate of drug-likeness (QED) is 0.664. The van der Waals surface area contributed by atoms with E-state index in [-0.39, 0.29) is 5.91 Å². The molecule has 0 fully saturated rings. The lowest BCUT2D eigenvalue weighted by atomic mass is 10.2. The minimum atomic E-state index is -0.201. The first-order valence-corrected chi connectivity index (χ1v) is 5.65. The molecular weight excluding hydrogens is 249 g/mol. The van der Waals surface area contributed by atoms with E-state index in [1.165, 1.54) is 6.07 Å². The summed E-state index contributed by atoms with van der Waals surface area (Å²) in [5, 5.41) is 2.96. The van der Waals surface area contributed by atoms with Gasteiger partial charge in [0.25, 0.3) is 5.91 Å². The Bertz CT molecular complexity index is 382. The topological polar surface area (TPSA) is 45.2 Å².